The molecule has 1 atom stereocenters. The van der Waals surface area contributed by atoms with E-state index in [1.54, 1.807) is 14.2 Å². The zero-order valence-electron chi connectivity index (χ0n) is 15.7. The molecule has 0 aliphatic carbocycles. The van der Waals surface area contributed by atoms with Gasteiger partial charge in [0, 0.05) is 13.1 Å². The molecule has 1 N–H and O–H groups in total. The number of likely N-dealkylation sites (tertiary alicyclic amines) is 1. The zero-order valence-corrected chi connectivity index (χ0v) is 15.7. The maximum absolute atomic E-state index is 12.7. The van der Waals surface area contributed by atoms with Crippen molar-refractivity contribution in [3.63, 3.8) is 0 Å². The van der Waals surface area contributed by atoms with E-state index in [1.165, 1.54) is 11.1 Å². The molecule has 3 heterocycles. The third-order valence-corrected chi connectivity index (χ3v) is 6.09. The number of carbonyl (C=O) groups excluding carboxylic acids is 1. The normalized spacial score (nSPS) is 24.4. The van der Waals surface area contributed by atoms with Gasteiger partial charge in [0.2, 0.25) is 5.91 Å². The van der Waals surface area contributed by atoms with E-state index in [4.69, 9.17) is 14.2 Å². The predicted octanol–water partition coefficient (Wildman–Crippen LogP) is 1.85. The van der Waals surface area contributed by atoms with E-state index in [2.05, 4.69) is 17.4 Å². The lowest BCUT2D eigenvalue weighted by Crippen LogP contribution is -2.52. The first-order valence-electron chi connectivity index (χ1n) is 9.58. The van der Waals surface area contributed by atoms with Gasteiger partial charge in [-0.15, -0.1) is 0 Å². The van der Waals surface area contributed by atoms with Crippen LogP contribution in [0.5, 0.6) is 11.5 Å². The summed E-state index contributed by atoms with van der Waals surface area (Å²) < 4.78 is 17.3. The van der Waals surface area contributed by atoms with E-state index < -0.39 is 0 Å². The number of rotatable bonds is 3. The summed E-state index contributed by atoms with van der Waals surface area (Å²) >= 11 is 0. The molecule has 3 aliphatic heterocycles. The number of nitrogens with zero attached hydrogens (tertiary/aromatic N) is 1. The van der Waals surface area contributed by atoms with Crippen molar-refractivity contribution < 1.29 is 19.0 Å². The van der Waals surface area contributed by atoms with Gasteiger partial charge >= 0.3 is 0 Å². The summed E-state index contributed by atoms with van der Waals surface area (Å²) in [4.78, 5) is 14.7. The van der Waals surface area contributed by atoms with E-state index in [0.717, 1.165) is 63.2 Å². The first-order chi connectivity index (χ1) is 12.7. The SMILES string of the molecule is COc1cc2c(cc1OC)C1(CCN(C(=O)C3CCCN3)CC1)OCC2. The van der Waals surface area contributed by atoms with Crippen molar-refractivity contribution in [2.24, 2.45) is 0 Å². The molecule has 4 rings (SSSR count). The molecule has 1 aromatic carbocycles. The number of benzene rings is 1. The van der Waals surface area contributed by atoms with Crippen LogP contribution in [0.1, 0.15) is 36.8 Å². The highest BCUT2D eigenvalue weighted by Gasteiger charge is 2.43. The third-order valence-electron chi connectivity index (χ3n) is 6.09. The van der Waals surface area contributed by atoms with Crippen LogP contribution < -0.4 is 14.8 Å². The van der Waals surface area contributed by atoms with Crippen LogP contribution in [0.15, 0.2) is 12.1 Å². The highest BCUT2D eigenvalue weighted by Crippen LogP contribution is 2.45. The Hall–Kier alpha value is -1.79. The minimum absolute atomic E-state index is 0.00738. The number of methoxy groups -OCH3 is 2. The summed E-state index contributed by atoms with van der Waals surface area (Å²) in [7, 11) is 3.33. The summed E-state index contributed by atoms with van der Waals surface area (Å²) in [6.07, 6.45) is 4.58. The number of ether oxygens (including phenoxy) is 3. The van der Waals surface area contributed by atoms with E-state index >= 15 is 0 Å². The molecule has 142 valence electrons. The molecule has 3 aliphatic rings. The van der Waals surface area contributed by atoms with Gasteiger partial charge in [0.1, 0.15) is 0 Å². The Kier molecular flexibility index (Phi) is 4.80. The summed E-state index contributed by atoms with van der Waals surface area (Å²) in [6, 6.07) is 4.16. The Bertz CT molecular complexity index is 677. The Balaban J connectivity index is 1.55. The molecule has 6 nitrogen and oxygen atoms in total. The topological polar surface area (TPSA) is 60.0 Å². The second kappa shape index (κ2) is 7.08. The maximum atomic E-state index is 12.7. The minimum atomic E-state index is -0.312. The van der Waals surface area contributed by atoms with Crippen LogP contribution in [0.2, 0.25) is 0 Å². The largest absolute Gasteiger partial charge is 0.493 e. The lowest BCUT2D eigenvalue weighted by Gasteiger charge is -2.45. The van der Waals surface area contributed by atoms with Gasteiger partial charge in [0.15, 0.2) is 11.5 Å². The first kappa shape index (κ1) is 17.6. The standard InChI is InChI=1S/C20H28N2O4/c1-24-17-12-14-5-11-26-20(15(14)13-18(17)25-2)6-9-22(10-7-20)19(23)16-4-3-8-21-16/h12-13,16,21H,3-11H2,1-2H3. The summed E-state index contributed by atoms with van der Waals surface area (Å²) in [5, 5.41) is 3.32. The fourth-order valence-corrected chi connectivity index (χ4v) is 4.60. The lowest BCUT2D eigenvalue weighted by molar-refractivity contribution is -0.142. The molecular weight excluding hydrogens is 332 g/mol. The van der Waals surface area contributed by atoms with Gasteiger partial charge in [0.25, 0.3) is 0 Å². The Morgan fingerprint density at radius 1 is 1.23 bits per heavy atom. The van der Waals surface area contributed by atoms with Crippen molar-refractivity contribution in [1.29, 1.82) is 0 Å². The molecule has 0 radical (unpaired) electrons. The van der Waals surface area contributed by atoms with Crippen molar-refractivity contribution in [2.45, 2.75) is 43.7 Å². The van der Waals surface area contributed by atoms with Gasteiger partial charge in [-0.3, -0.25) is 4.79 Å². The van der Waals surface area contributed by atoms with Crippen LogP contribution >= 0.6 is 0 Å². The summed E-state index contributed by atoms with van der Waals surface area (Å²) in [6.45, 7) is 3.14. The molecule has 0 saturated carbocycles. The molecule has 0 aromatic heterocycles. The van der Waals surface area contributed by atoms with E-state index in [-0.39, 0.29) is 17.6 Å². The molecule has 2 fully saturated rings. The molecule has 1 unspecified atom stereocenters. The number of fused-ring (bicyclic) bond motifs is 2. The molecule has 6 heteroatoms. The van der Waals surface area contributed by atoms with Gasteiger partial charge < -0.3 is 24.4 Å². The highest BCUT2D eigenvalue weighted by atomic mass is 16.5. The second-order valence-electron chi connectivity index (χ2n) is 7.43. The minimum Gasteiger partial charge on any atom is -0.493 e. The lowest BCUT2D eigenvalue weighted by atomic mass is 9.79. The first-order valence-corrected chi connectivity index (χ1v) is 9.58. The number of nitrogens with one attached hydrogen (secondary N) is 1. The van der Waals surface area contributed by atoms with Gasteiger partial charge in [-0.2, -0.15) is 0 Å². The van der Waals surface area contributed by atoms with Crippen molar-refractivity contribution in [1.82, 2.24) is 10.2 Å². The van der Waals surface area contributed by atoms with Gasteiger partial charge in [-0.1, -0.05) is 0 Å². The van der Waals surface area contributed by atoms with Crippen molar-refractivity contribution in [3.05, 3.63) is 23.3 Å². The average molecular weight is 360 g/mol. The van der Waals surface area contributed by atoms with Gasteiger partial charge in [-0.25, -0.2) is 0 Å². The van der Waals surface area contributed by atoms with E-state index in [9.17, 15) is 4.79 Å². The zero-order chi connectivity index (χ0) is 18.1. The fourth-order valence-electron chi connectivity index (χ4n) is 4.60. The Morgan fingerprint density at radius 3 is 2.62 bits per heavy atom. The maximum Gasteiger partial charge on any atom is 0.239 e. The van der Waals surface area contributed by atoms with E-state index in [0.29, 0.717) is 6.61 Å². The number of hydrogen-bond donors (Lipinski definition) is 1. The van der Waals surface area contributed by atoms with Crippen LogP contribution in [-0.4, -0.2) is 57.3 Å². The highest BCUT2D eigenvalue weighted by molar-refractivity contribution is 5.82. The monoisotopic (exact) mass is 360 g/mol. The summed E-state index contributed by atoms with van der Waals surface area (Å²) in [5.74, 6) is 1.76. The second-order valence-corrected chi connectivity index (χ2v) is 7.43. The quantitative estimate of drug-likeness (QED) is 0.891. The Labute approximate surface area is 154 Å². The molecule has 26 heavy (non-hydrogen) atoms. The number of amides is 1. The van der Waals surface area contributed by atoms with E-state index in [1.807, 2.05) is 4.90 Å². The molecule has 0 bridgehead atoms. The van der Waals surface area contributed by atoms with Crippen LogP contribution in [0.25, 0.3) is 0 Å². The Morgan fingerprint density at radius 2 is 1.96 bits per heavy atom. The van der Waals surface area contributed by atoms with Crippen LogP contribution in [0.4, 0.5) is 0 Å². The molecule has 2 saturated heterocycles. The smallest absolute Gasteiger partial charge is 0.239 e. The predicted molar refractivity (Wildman–Crippen MR) is 97.7 cm³/mol. The molecular formula is C20H28N2O4. The van der Waals surface area contributed by atoms with Crippen LogP contribution in [-0.2, 0) is 21.6 Å². The van der Waals surface area contributed by atoms with Crippen molar-refractivity contribution >= 4 is 5.91 Å². The van der Waals surface area contributed by atoms with Crippen LogP contribution in [0, 0.1) is 0 Å². The summed E-state index contributed by atoms with van der Waals surface area (Å²) in [5.41, 5.74) is 2.16. The third kappa shape index (κ3) is 2.95. The van der Waals surface area contributed by atoms with Gasteiger partial charge in [-0.05, 0) is 61.9 Å². The number of piperidine rings is 1. The van der Waals surface area contributed by atoms with Crippen molar-refractivity contribution in [2.75, 3.05) is 40.5 Å². The number of carbonyl (C=O) groups is 1. The fraction of sp³-hybridized carbons (Fsp3) is 0.650. The average Bonchev–Trinajstić information content (AvgIpc) is 3.22. The molecule has 1 spiro atoms. The number of hydrogen-bond acceptors (Lipinski definition) is 5. The van der Waals surface area contributed by atoms with Crippen LogP contribution in [0.3, 0.4) is 0 Å². The molecule has 1 amide bonds. The molecule has 1 aromatic rings. The van der Waals surface area contributed by atoms with Gasteiger partial charge in [0.05, 0.1) is 32.5 Å². The van der Waals surface area contributed by atoms with Crippen molar-refractivity contribution in [3.8, 4) is 11.5 Å².